The first-order valence-corrected chi connectivity index (χ1v) is 8.00. The van der Waals surface area contributed by atoms with Gasteiger partial charge in [-0.15, -0.1) is 11.3 Å². The molecule has 1 N–H and O–H groups in total. The zero-order valence-electron chi connectivity index (χ0n) is 12.5. The Morgan fingerprint density at radius 1 is 1.18 bits per heavy atom. The molecule has 0 aliphatic carbocycles. The van der Waals surface area contributed by atoms with Crippen molar-refractivity contribution >= 4 is 23.2 Å². The summed E-state index contributed by atoms with van der Waals surface area (Å²) in [6.45, 7) is 0. The lowest BCUT2D eigenvalue weighted by Gasteiger charge is -2.15. The first kappa shape index (κ1) is 16.2. The molecule has 116 valence electrons. The highest BCUT2D eigenvalue weighted by molar-refractivity contribution is 7.09. The smallest absolute Gasteiger partial charge is 0.328 e. The molecule has 0 spiro atoms. The minimum absolute atomic E-state index is 0.143. The van der Waals surface area contributed by atoms with Crippen molar-refractivity contribution in [1.29, 1.82) is 0 Å². The maximum absolute atomic E-state index is 12.1. The van der Waals surface area contributed by atoms with Crippen molar-refractivity contribution in [2.75, 3.05) is 7.11 Å². The largest absolute Gasteiger partial charge is 0.467 e. The van der Waals surface area contributed by atoms with Crippen LogP contribution in [0.3, 0.4) is 0 Å². The van der Waals surface area contributed by atoms with Crippen LogP contribution in [0.25, 0.3) is 0 Å². The van der Waals surface area contributed by atoms with E-state index in [2.05, 4.69) is 5.32 Å². The Morgan fingerprint density at radius 3 is 2.59 bits per heavy atom. The van der Waals surface area contributed by atoms with Crippen LogP contribution in [0.5, 0.6) is 0 Å². The first-order valence-electron chi connectivity index (χ1n) is 7.12. The lowest BCUT2D eigenvalue weighted by molar-refractivity contribution is -0.145. The van der Waals surface area contributed by atoms with E-state index in [0.717, 1.165) is 10.4 Å². The molecule has 1 aromatic heterocycles. The summed E-state index contributed by atoms with van der Waals surface area (Å²) in [5, 5.41) is 4.71. The summed E-state index contributed by atoms with van der Waals surface area (Å²) < 4.78 is 4.78. The van der Waals surface area contributed by atoms with Crippen molar-refractivity contribution in [3.8, 4) is 0 Å². The molecule has 0 fully saturated rings. The number of carbonyl (C=O) groups excluding carboxylic acids is 2. The highest BCUT2D eigenvalue weighted by Crippen LogP contribution is 2.12. The highest BCUT2D eigenvalue weighted by atomic mass is 32.1. The molecule has 22 heavy (non-hydrogen) atoms. The van der Waals surface area contributed by atoms with Gasteiger partial charge in [-0.3, -0.25) is 4.79 Å². The monoisotopic (exact) mass is 317 g/mol. The predicted octanol–water partition coefficient (Wildman–Crippen LogP) is 2.58. The lowest BCUT2D eigenvalue weighted by Crippen LogP contribution is -2.43. The van der Waals surface area contributed by atoms with Crippen LogP contribution in [-0.2, 0) is 27.2 Å². The van der Waals surface area contributed by atoms with Gasteiger partial charge in [-0.1, -0.05) is 36.4 Å². The number of methoxy groups -OCH3 is 1. The fourth-order valence-corrected chi connectivity index (χ4v) is 2.89. The molecule has 0 saturated carbocycles. The second-order valence-electron chi connectivity index (χ2n) is 4.91. The Bertz CT molecular complexity index is 596. The molecule has 0 bridgehead atoms. The van der Waals surface area contributed by atoms with Crippen LogP contribution < -0.4 is 5.32 Å². The zero-order valence-corrected chi connectivity index (χ0v) is 13.3. The van der Waals surface area contributed by atoms with E-state index in [1.165, 1.54) is 7.11 Å². The number of amides is 1. The summed E-state index contributed by atoms with van der Waals surface area (Å²) in [7, 11) is 1.33. The average molecular weight is 317 g/mol. The van der Waals surface area contributed by atoms with Crippen molar-refractivity contribution in [2.24, 2.45) is 0 Å². The quantitative estimate of drug-likeness (QED) is 0.799. The van der Waals surface area contributed by atoms with Crippen LogP contribution in [0.2, 0.25) is 0 Å². The van der Waals surface area contributed by atoms with E-state index in [-0.39, 0.29) is 5.91 Å². The van der Waals surface area contributed by atoms with Gasteiger partial charge >= 0.3 is 5.97 Å². The van der Waals surface area contributed by atoms with Crippen molar-refractivity contribution < 1.29 is 14.3 Å². The topological polar surface area (TPSA) is 55.4 Å². The van der Waals surface area contributed by atoms with E-state index in [1.807, 2.05) is 47.8 Å². The molecule has 2 rings (SSSR count). The van der Waals surface area contributed by atoms with Gasteiger partial charge < -0.3 is 10.1 Å². The standard InChI is InChI=1S/C17H19NO3S/c1-21-17(20)15(12-14-8-5-11-22-14)18-16(19)10-9-13-6-3-2-4-7-13/h2-8,11,15H,9-10,12H2,1H3,(H,18,19). The number of nitrogens with one attached hydrogen (secondary N) is 1. The maximum Gasteiger partial charge on any atom is 0.328 e. The number of hydrogen-bond donors (Lipinski definition) is 1. The lowest BCUT2D eigenvalue weighted by atomic mass is 10.1. The maximum atomic E-state index is 12.1. The van der Waals surface area contributed by atoms with E-state index in [9.17, 15) is 9.59 Å². The van der Waals surface area contributed by atoms with E-state index < -0.39 is 12.0 Å². The number of aryl methyl sites for hydroxylation is 1. The van der Waals surface area contributed by atoms with E-state index >= 15 is 0 Å². The van der Waals surface area contributed by atoms with Gasteiger partial charge in [-0.05, 0) is 23.4 Å². The van der Waals surface area contributed by atoms with Gasteiger partial charge in [0.1, 0.15) is 6.04 Å². The highest BCUT2D eigenvalue weighted by Gasteiger charge is 2.22. The van der Waals surface area contributed by atoms with Gasteiger partial charge in [0.2, 0.25) is 5.91 Å². The number of benzene rings is 1. The Balaban J connectivity index is 1.88. The summed E-state index contributed by atoms with van der Waals surface area (Å²) >= 11 is 1.56. The Kier molecular flexibility index (Phi) is 6.15. The van der Waals surface area contributed by atoms with E-state index in [1.54, 1.807) is 11.3 Å². The molecule has 1 aromatic carbocycles. The fourth-order valence-electron chi connectivity index (χ4n) is 2.13. The van der Waals surface area contributed by atoms with Crippen LogP contribution in [0.15, 0.2) is 47.8 Å². The van der Waals surface area contributed by atoms with Gasteiger partial charge in [-0.25, -0.2) is 4.79 Å². The summed E-state index contributed by atoms with van der Waals surface area (Å²) in [5.41, 5.74) is 1.10. The van der Waals surface area contributed by atoms with Crippen LogP contribution in [0.4, 0.5) is 0 Å². The average Bonchev–Trinajstić information content (AvgIpc) is 3.05. The third-order valence-electron chi connectivity index (χ3n) is 3.29. The van der Waals surface area contributed by atoms with Crippen molar-refractivity contribution in [3.05, 3.63) is 58.3 Å². The number of ether oxygens (including phenoxy) is 1. The van der Waals surface area contributed by atoms with Gasteiger partial charge in [0.15, 0.2) is 0 Å². The number of thiophene rings is 1. The summed E-state index contributed by atoms with van der Waals surface area (Å²) in [6, 6.07) is 13.0. The number of hydrogen-bond acceptors (Lipinski definition) is 4. The van der Waals surface area contributed by atoms with Gasteiger partial charge in [0.25, 0.3) is 0 Å². The predicted molar refractivity (Wildman–Crippen MR) is 86.7 cm³/mol. The summed E-state index contributed by atoms with van der Waals surface area (Å²) in [5.74, 6) is -0.558. The molecular weight excluding hydrogens is 298 g/mol. The number of carbonyl (C=O) groups is 2. The molecule has 0 saturated heterocycles. The van der Waals surface area contributed by atoms with Gasteiger partial charge in [-0.2, -0.15) is 0 Å². The summed E-state index contributed by atoms with van der Waals surface area (Å²) in [4.78, 5) is 24.9. The summed E-state index contributed by atoms with van der Waals surface area (Å²) in [6.07, 6.45) is 1.46. The van der Waals surface area contributed by atoms with Gasteiger partial charge in [0.05, 0.1) is 7.11 Å². The van der Waals surface area contributed by atoms with Crippen LogP contribution >= 0.6 is 11.3 Å². The van der Waals surface area contributed by atoms with Crippen molar-refractivity contribution in [1.82, 2.24) is 5.32 Å². The Labute approximate surface area is 134 Å². The molecule has 0 aliphatic rings. The van der Waals surface area contributed by atoms with E-state index in [4.69, 9.17) is 4.74 Å². The minimum atomic E-state index is -0.632. The Hall–Kier alpha value is -2.14. The van der Waals surface area contributed by atoms with Crippen molar-refractivity contribution in [3.63, 3.8) is 0 Å². The molecule has 1 unspecified atom stereocenters. The molecule has 0 radical (unpaired) electrons. The molecule has 4 nitrogen and oxygen atoms in total. The molecular formula is C17H19NO3S. The molecule has 2 aromatic rings. The second kappa shape index (κ2) is 8.34. The van der Waals surface area contributed by atoms with E-state index in [0.29, 0.717) is 19.3 Å². The van der Waals surface area contributed by atoms with Crippen LogP contribution in [0.1, 0.15) is 16.9 Å². The zero-order chi connectivity index (χ0) is 15.8. The third-order valence-corrected chi connectivity index (χ3v) is 4.19. The first-order chi connectivity index (χ1) is 10.7. The SMILES string of the molecule is COC(=O)C(Cc1cccs1)NC(=O)CCc1ccccc1. The molecule has 0 aliphatic heterocycles. The van der Waals surface area contributed by atoms with Crippen LogP contribution in [0, 0.1) is 0 Å². The Morgan fingerprint density at radius 2 is 1.95 bits per heavy atom. The molecule has 1 atom stereocenters. The number of esters is 1. The van der Waals surface area contributed by atoms with Crippen molar-refractivity contribution in [2.45, 2.75) is 25.3 Å². The second-order valence-corrected chi connectivity index (χ2v) is 5.94. The minimum Gasteiger partial charge on any atom is -0.467 e. The molecule has 1 heterocycles. The third kappa shape index (κ3) is 5.00. The van der Waals surface area contributed by atoms with Gasteiger partial charge in [0, 0.05) is 17.7 Å². The fraction of sp³-hybridized carbons (Fsp3) is 0.294. The molecule has 5 heteroatoms. The molecule has 1 amide bonds. The normalized spacial score (nSPS) is 11.7. The van der Waals surface area contributed by atoms with Crippen LogP contribution in [-0.4, -0.2) is 25.0 Å². The number of rotatable bonds is 7.